The number of amides is 2. The molecular weight excluding hydrogens is 331 g/mol. The maximum atomic E-state index is 12.5. The van der Waals surface area contributed by atoms with Crippen molar-refractivity contribution in [3.63, 3.8) is 0 Å². The van der Waals surface area contributed by atoms with E-state index in [1.54, 1.807) is 30.1 Å². The van der Waals surface area contributed by atoms with Gasteiger partial charge < -0.3 is 20.1 Å². The monoisotopic (exact) mass is 354 g/mol. The van der Waals surface area contributed by atoms with Gasteiger partial charge in [0.1, 0.15) is 0 Å². The Balaban J connectivity index is 0.00000312. The quantitative estimate of drug-likeness (QED) is 0.602. The zero-order valence-electron chi connectivity index (χ0n) is 15.3. The van der Waals surface area contributed by atoms with Crippen molar-refractivity contribution in [1.29, 1.82) is 0 Å². The van der Waals surface area contributed by atoms with Crippen molar-refractivity contribution in [3.8, 4) is 0 Å². The topological polar surface area (TPSA) is 89.5 Å². The number of carbonyl (C=O) groups is 3. The van der Waals surface area contributed by atoms with E-state index in [2.05, 4.69) is 5.32 Å². The zero-order chi connectivity index (χ0) is 17.9. The van der Waals surface area contributed by atoms with Crippen LogP contribution >= 0.6 is 0 Å². The second-order valence-electron chi connectivity index (χ2n) is 6.70. The van der Waals surface area contributed by atoms with E-state index >= 15 is 0 Å². The summed E-state index contributed by atoms with van der Waals surface area (Å²) in [6, 6.07) is 5.22. The van der Waals surface area contributed by atoms with E-state index in [9.17, 15) is 19.5 Å². The van der Waals surface area contributed by atoms with Crippen molar-refractivity contribution in [3.05, 3.63) is 29.3 Å². The predicted molar refractivity (Wildman–Crippen MR) is 88.3 cm³/mol. The first kappa shape index (κ1) is 21.7. The van der Waals surface area contributed by atoms with Gasteiger partial charge in [-0.25, -0.2) is 0 Å². The van der Waals surface area contributed by atoms with E-state index in [0.29, 0.717) is 30.6 Å². The summed E-state index contributed by atoms with van der Waals surface area (Å²) in [5.74, 6) is -2.09. The molecule has 0 spiro atoms. The minimum Gasteiger partial charge on any atom is -0.550 e. The van der Waals surface area contributed by atoms with E-state index in [4.69, 9.17) is 0 Å². The molecule has 1 atom stereocenters. The molecule has 0 aromatic heterocycles. The van der Waals surface area contributed by atoms with E-state index in [0.717, 1.165) is 5.56 Å². The maximum absolute atomic E-state index is 12.5. The van der Waals surface area contributed by atoms with Crippen LogP contribution < -0.4 is 40.0 Å². The van der Waals surface area contributed by atoms with Gasteiger partial charge in [0.15, 0.2) is 0 Å². The minimum absolute atomic E-state index is 0. The van der Waals surface area contributed by atoms with Crippen LogP contribution in [0.2, 0.25) is 0 Å². The smallest absolute Gasteiger partial charge is 0.550 e. The Morgan fingerprint density at radius 1 is 1.32 bits per heavy atom. The molecule has 1 N–H and O–H groups in total. The van der Waals surface area contributed by atoms with Gasteiger partial charge in [-0.2, -0.15) is 0 Å². The van der Waals surface area contributed by atoms with Crippen molar-refractivity contribution in [1.82, 2.24) is 4.90 Å². The predicted octanol–water partition coefficient (Wildman–Crippen LogP) is -1.94. The standard InChI is InChI=1S/C18H24N2O4.Na/c1-11(2)9-12(10-16(21)22)17(23)19-15-6-4-5-14-13(15)7-8-20(3)18(14)24;/h4-6,11-12H,7-10H2,1-3H3,(H,19,23)(H,21,22);/q;+1/p-1. The normalized spacial score (nSPS) is 14.6. The maximum Gasteiger partial charge on any atom is 1.00 e. The van der Waals surface area contributed by atoms with E-state index < -0.39 is 11.9 Å². The molecule has 1 aliphatic rings. The van der Waals surface area contributed by atoms with Gasteiger partial charge in [0.05, 0.1) is 0 Å². The average molecular weight is 354 g/mol. The number of hydrogen-bond acceptors (Lipinski definition) is 4. The van der Waals surface area contributed by atoms with Crippen molar-refractivity contribution in [2.45, 2.75) is 33.1 Å². The van der Waals surface area contributed by atoms with E-state index in [1.807, 2.05) is 13.8 Å². The minimum atomic E-state index is -1.23. The van der Waals surface area contributed by atoms with Gasteiger partial charge in [-0.15, -0.1) is 0 Å². The summed E-state index contributed by atoms with van der Waals surface area (Å²) in [6.45, 7) is 4.47. The molecule has 2 rings (SSSR count). The first-order valence-corrected chi connectivity index (χ1v) is 8.17. The Hall–Kier alpha value is -1.37. The number of rotatable bonds is 6. The Morgan fingerprint density at radius 2 is 2.00 bits per heavy atom. The Labute approximate surface area is 170 Å². The second kappa shape index (κ2) is 9.36. The zero-order valence-corrected chi connectivity index (χ0v) is 17.3. The second-order valence-corrected chi connectivity index (χ2v) is 6.70. The Bertz CT molecular complexity index is 660. The summed E-state index contributed by atoms with van der Waals surface area (Å²) in [4.78, 5) is 37.3. The molecule has 0 saturated heterocycles. The number of nitrogens with zero attached hydrogens (tertiary/aromatic N) is 1. The third-order valence-electron chi connectivity index (χ3n) is 4.25. The van der Waals surface area contributed by atoms with Crippen LogP contribution in [0.25, 0.3) is 0 Å². The van der Waals surface area contributed by atoms with Gasteiger partial charge in [0.25, 0.3) is 5.91 Å². The molecule has 1 heterocycles. The summed E-state index contributed by atoms with van der Waals surface area (Å²) < 4.78 is 0. The van der Waals surface area contributed by atoms with Crippen molar-refractivity contribution in [2.24, 2.45) is 11.8 Å². The largest absolute Gasteiger partial charge is 1.00 e. The number of anilines is 1. The number of hydrogen-bond donors (Lipinski definition) is 1. The third kappa shape index (κ3) is 5.56. The Kier molecular flexibility index (Phi) is 8.12. The van der Waals surface area contributed by atoms with Gasteiger partial charge in [0, 0.05) is 36.7 Å². The van der Waals surface area contributed by atoms with Gasteiger partial charge in [-0.3, -0.25) is 9.59 Å². The number of carboxylic acids is 1. The number of likely N-dealkylation sites (N-methyl/N-ethyl adjacent to an activating group) is 1. The van der Waals surface area contributed by atoms with E-state index in [1.165, 1.54) is 0 Å². The summed E-state index contributed by atoms with van der Waals surface area (Å²) in [7, 11) is 1.75. The number of nitrogens with one attached hydrogen (secondary N) is 1. The molecule has 1 unspecified atom stereocenters. The number of fused-ring (bicyclic) bond motifs is 1. The molecule has 0 fully saturated rings. The van der Waals surface area contributed by atoms with Gasteiger partial charge in [-0.1, -0.05) is 19.9 Å². The van der Waals surface area contributed by atoms with E-state index in [-0.39, 0.29) is 53.7 Å². The van der Waals surface area contributed by atoms with Crippen LogP contribution in [0.3, 0.4) is 0 Å². The molecule has 130 valence electrons. The fraction of sp³-hybridized carbons (Fsp3) is 0.500. The molecule has 25 heavy (non-hydrogen) atoms. The first-order valence-electron chi connectivity index (χ1n) is 8.17. The number of carbonyl (C=O) groups excluding carboxylic acids is 3. The summed E-state index contributed by atoms with van der Waals surface area (Å²) in [5, 5.41) is 13.7. The van der Waals surface area contributed by atoms with Crippen LogP contribution in [-0.2, 0) is 16.0 Å². The molecule has 0 aliphatic carbocycles. The SMILES string of the molecule is CC(C)CC(CC(=O)[O-])C(=O)Nc1cccc2c1CCN(C)C2=O.[Na+]. The molecular formula is C18H23N2NaO4. The fourth-order valence-corrected chi connectivity index (χ4v) is 3.05. The summed E-state index contributed by atoms with van der Waals surface area (Å²) in [5.41, 5.74) is 1.98. The molecule has 1 aliphatic heterocycles. The summed E-state index contributed by atoms with van der Waals surface area (Å²) >= 11 is 0. The number of benzene rings is 1. The molecule has 6 nitrogen and oxygen atoms in total. The first-order chi connectivity index (χ1) is 11.3. The van der Waals surface area contributed by atoms with Crippen LogP contribution in [0.4, 0.5) is 5.69 Å². The van der Waals surface area contributed by atoms with Crippen molar-refractivity contribution in [2.75, 3.05) is 18.9 Å². The molecule has 0 bridgehead atoms. The molecule has 0 radical (unpaired) electrons. The number of carboxylic acid groups (broad SMARTS) is 1. The molecule has 7 heteroatoms. The third-order valence-corrected chi connectivity index (χ3v) is 4.25. The van der Waals surface area contributed by atoms with Gasteiger partial charge >= 0.3 is 29.6 Å². The molecule has 1 aromatic carbocycles. The molecule has 0 saturated carbocycles. The average Bonchev–Trinajstić information content (AvgIpc) is 2.50. The van der Waals surface area contributed by atoms with Crippen LogP contribution in [-0.4, -0.2) is 36.3 Å². The van der Waals surface area contributed by atoms with Crippen LogP contribution in [0, 0.1) is 11.8 Å². The molecule has 2 amide bonds. The summed E-state index contributed by atoms with van der Waals surface area (Å²) in [6.07, 6.45) is 0.820. The van der Waals surface area contributed by atoms with Gasteiger partial charge in [-0.05, 0) is 42.9 Å². The Morgan fingerprint density at radius 3 is 2.60 bits per heavy atom. The van der Waals surface area contributed by atoms with Crippen LogP contribution in [0.15, 0.2) is 18.2 Å². The van der Waals surface area contributed by atoms with Gasteiger partial charge in [0.2, 0.25) is 5.91 Å². The van der Waals surface area contributed by atoms with Crippen molar-refractivity contribution < 1.29 is 49.0 Å². The van der Waals surface area contributed by atoms with Crippen LogP contribution in [0.5, 0.6) is 0 Å². The molecule has 1 aromatic rings. The van der Waals surface area contributed by atoms with Crippen molar-refractivity contribution >= 4 is 23.5 Å². The van der Waals surface area contributed by atoms with Crippen LogP contribution in [0.1, 0.15) is 42.6 Å². The number of aliphatic carboxylic acids is 1. The fourth-order valence-electron chi connectivity index (χ4n) is 3.05.